The second-order valence-corrected chi connectivity index (χ2v) is 6.63. The maximum atomic E-state index is 12.1. The quantitative estimate of drug-likeness (QED) is 0.491. The van der Waals surface area contributed by atoms with Crippen LogP contribution in [0.15, 0.2) is 48.5 Å². The minimum Gasteiger partial charge on any atom is -0.348 e. The number of fused-ring (bicyclic) bond motifs is 1. The summed E-state index contributed by atoms with van der Waals surface area (Å²) in [6.45, 7) is 0.372. The number of halogens is 1. The van der Waals surface area contributed by atoms with E-state index < -0.39 is 5.91 Å². The van der Waals surface area contributed by atoms with Crippen LogP contribution in [0.1, 0.15) is 25.6 Å². The third-order valence-corrected chi connectivity index (χ3v) is 4.82. The molecular formula is C17H13ClN2O3S. The highest BCUT2D eigenvalue weighted by atomic mass is 35.5. The highest BCUT2D eigenvalue weighted by Crippen LogP contribution is 2.26. The lowest BCUT2D eigenvalue weighted by molar-refractivity contribution is 0.0711. The lowest BCUT2D eigenvalue weighted by Gasteiger charge is -2.06. The minimum absolute atomic E-state index is 0.182. The first-order chi connectivity index (χ1) is 11.6. The van der Waals surface area contributed by atoms with Gasteiger partial charge in [-0.1, -0.05) is 23.7 Å². The fourth-order valence-corrected chi connectivity index (χ4v) is 3.38. The highest BCUT2D eigenvalue weighted by molar-refractivity contribution is 7.20. The van der Waals surface area contributed by atoms with Crippen LogP contribution in [0, 0.1) is 0 Å². The summed E-state index contributed by atoms with van der Waals surface area (Å²) < 4.78 is 0.909. The van der Waals surface area contributed by atoms with Crippen molar-refractivity contribution in [3.05, 3.63) is 69.6 Å². The van der Waals surface area contributed by atoms with Gasteiger partial charge in [-0.25, -0.2) is 5.48 Å². The van der Waals surface area contributed by atoms with Crippen LogP contribution in [0.25, 0.3) is 10.1 Å². The number of nitrogens with one attached hydrogen (secondary N) is 2. The summed E-state index contributed by atoms with van der Waals surface area (Å²) in [5.74, 6) is -0.716. The van der Waals surface area contributed by atoms with E-state index in [1.165, 1.54) is 11.3 Å². The predicted octanol–water partition coefficient (Wildman–Crippen LogP) is 3.60. The molecule has 0 unspecified atom stereocenters. The zero-order valence-corrected chi connectivity index (χ0v) is 13.9. The summed E-state index contributed by atoms with van der Waals surface area (Å²) >= 11 is 7.08. The lowest BCUT2D eigenvalue weighted by atomic mass is 10.1. The van der Waals surface area contributed by atoms with Gasteiger partial charge in [0.25, 0.3) is 11.8 Å². The van der Waals surface area contributed by atoms with Gasteiger partial charge in [0.05, 0.1) is 4.88 Å². The second kappa shape index (κ2) is 7.00. The van der Waals surface area contributed by atoms with Gasteiger partial charge in [-0.05, 0) is 47.3 Å². The average Bonchev–Trinajstić information content (AvgIpc) is 3.02. The number of benzene rings is 2. The van der Waals surface area contributed by atoms with Crippen LogP contribution in [0.3, 0.4) is 0 Å². The topological polar surface area (TPSA) is 78.4 Å². The van der Waals surface area contributed by atoms with E-state index in [2.05, 4.69) is 5.32 Å². The van der Waals surface area contributed by atoms with E-state index in [0.29, 0.717) is 22.0 Å². The largest absolute Gasteiger partial charge is 0.348 e. The molecule has 5 nitrogen and oxygen atoms in total. The van der Waals surface area contributed by atoms with Crippen LogP contribution in [0.4, 0.5) is 0 Å². The second-order valence-electron chi connectivity index (χ2n) is 5.11. The van der Waals surface area contributed by atoms with Crippen molar-refractivity contribution < 1.29 is 14.8 Å². The molecule has 0 atom stereocenters. The van der Waals surface area contributed by atoms with Gasteiger partial charge in [0.2, 0.25) is 0 Å². The van der Waals surface area contributed by atoms with E-state index in [1.54, 1.807) is 35.8 Å². The van der Waals surface area contributed by atoms with Crippen molar-refractivity contribution in [1.82, 2.24) is 10.8 Å². The molecule has 0 spiro atoms. The molecule has 0 aliphatic carbocycles. The number of amides is 2. The molecule has 0 aliphatic rings. The van der Waals surface area contributed by atoms with Crippen LogP contribution >= 0.6 is 22.9 Å². The molecule has 3 N–H and O–H groups in total. The minimum atomic E-state index is -0.534. The number of carbonyl (C=O) groups excluding carboxylic acids is 2. The fourth-order valence-electron chi connectivity index (χ4n) is 2.24. The molecule has 0 fully saturated rings. The van der Waals surface area contributed by atoms with Crippen LogP contribution in [0.5, 0.6) is 0 Å². The van der Waals surface area contributed by atoms with Crippen LogP contribution in [-0.4, -0.2) is 17.0 Å². The average molecular weight is 361 g/mol. The lowest BCUT2D eigenvalue weighted by Crippen LogP contribution is -2.22. The van der Waals surface area contributed by atoms with E-state index in [0.717, 1.165) is 15.6 Å². The molecule has 0 bridgehead atoms. The van der Waals surface area contributed by atoms with Gasteiger partial charge in [-0.2, -0.15) is 0 Å². The van der Waals surface area contributed by atoms with Gasteiger partial charge < -0.3 is 5.32 Å². The highest BCUT2D eigenvalue weighted by Gasteiger charge is 2.10. The van der Waals surface area contributed by atoms with Crippen molar-refractivity contribution in [3.8, 4) is 0 Å². The summed E-state index contributed by atoms with van der Waals surface area (Å²) in [5, 5.41) is 13.0. The maximum Gasteiger partial charge on any atom is 0.284 e. The van der Waals surface area contributed by atoms with Gasteiger partial charge in [-0.3, -0.25) is 14.8 Å². The number of hydrogen-bond donors (Lipinski definition) is 3. The summed E-state index contributed by atoms with van der Waals surface area (Å²) in [7, 11) is 0. The summed E-state index contributed by atoms with van der Waals surface area (Å²) in [5.41, 5.74) is 3.08. The molecule has 3 aromatic rings. The fraction of sp³-hybridized carbons (Fsp3) is 0.0588. The Morgan fingerprint density at radius 2 is 1.79 bits per heavy atom. The Kier molecular flexibility index (Phi) is 4.80. The molecule has 1 aromatic heterocycles. The smallest absolute Gasteiger partial charge is 0.284 e. The molecule has 24 heavy (non-hydrogen) atoms. The van der Waals surface area contributed by atoms with Crippen molar-refractivity contribution in [3.63, 3.8) is 0 Å². The van der Waals surface area contributed by atoms with Crippen LogP contribution in [0.2, 0.25) is 5.02 Å². The maximum absolute atomic E-state index is 12.1. The molecule has 7 heteroatoms. The SMILES string of the molecule is O=C(NCc1ccc2cc(C(=O)NO)sc2c1)c1ccc(Cl)cc1. The number of thiophene rings is 1. The third-order valence-electron chi connectivity index (χ3n) is 3.47. The molecule has 1 heterocycles. The summed E-state index contributed by atoms with van der Waals surface area (Å²) in [6, 6.07) is 14.1. The van der Waals surface area contributed by atoms with Crippen molar-refractivity contribution in [2.75, 3.05) is 0 Å². The molecule has 0 radical (unpaired) electrons. The normalized spacial score (nSPS) is 10.6. The Labute approximate surface area is 146 Å². The first-order valence-electron chi connectivity index (χ1n) is 7.07. The predicted molar refractivity (Wildman–Crippen MR) is 93.7 cm³/mol. The molecule has 0 aliphatic heterocycles. The van der Waals surface area contributed by atoms with E-state index in [1.807, 2.05) is 18.2 Å². The zero-order valence-electron chi connectivity index (χ0n) is 12.4. The van der Waals surface area contributed by atoms with Crippen molar-refractivity contribution >= 4 is 44.8 Å². The zero-order chi connectivity index (χ0) is 17.1. The first kappa shape index (κ1) is 16.4. The third kappa shape index (κ3) is 3.56. The first-order valence-corrected chi connectivity index (χ1v) is 8.27. The van der Waals surface area contributed by atoms with Crippen molar-refractivity contribution in [2.45, 2.75) is 6.54 Å². The Morgan fingerprint density at radius 1 is 1.04 bits per heavy atom. The molecule has 3 rings (SSSR count). The standard InChI is InChI=1S/C17H13ClN2O3S/c18-13-5-3-11(4-6-13)16(21)19-9-10-1-2-12-8-15(17(22)20-23)24-14(12)7-10/h1-8,23H,9H2,(H,19,21)(H,20,22). The Morgan fingerprint density at radius 3 is 2.50 bits per heavy atom. The number of hydrogen-bond acceptors (Lipinski definition) is 4. The molecule has 0 saturated heterocycles. The molecule has 2 aromatic carbocycles. The monoisotopic (exact) mass is 360 g/mol. The van der Waals surface area contributed by atoms with E-state index in [4.69, 9.17) is 16.8 Å². The van der Waals surface area contributed by atoms with Gasteiger partial charge >= 0.3 is 0 Å². The van der Waals surface area contributed by atoms with Gasteiger partial charge in [0.15, 0.2) is 0 Å². The van der Waals surface area contributed by atoms with Gasteiger partial charge in [-0.15, -0.1) is 11.3 Å². The van der Waals surface area contributed by atoms with Crippen LogP contribution in [-0.2, 0) is 6.54 Å². The number of hydroxylamine groups is 1. The molecular weight excluding hydrogens is 348 g/mol. The Bertz CT molecular complexity index is 906. The van der Waals surface area contributed by atoms with E-state index in [-0.39, 0.29) is 5.91 Å². The summed E-state index contributed by atoms with van der Waals surface area (Å²) in [4.78, 5) is 24.0. The Balaban J connectivity index is 1.72. The van der Waals surface area contributed by atoms with Gasteiger partial charge in [0.1, 0.15) is 0 Å². The van der Waals surface area contributed by atoms with Crippen molar-refractivity contribution in [2.24, 2.45) is 0 Å². The summed E-state index contributed by atoms with van der Waals surface area (Å²) in [6.07, 6.45) is 0. The number of rotatable bonds is 4. The number of carbonyl (C=O) groups is 2. The van der Waals surface area contributed by atoms with Gasteiger partial charge in [0, 0.05) is 21.8 Å². The van der Waals surface area contributed by atoms with Crippen LogP contribution < -0.4 is 10.8 Å². The Hall–Kier alpha value is -2.41. The molecule has 2 amide bonds. The van der Waals surface area contributed by atoms with Crippen molar-refractivity contribution in [1.29, 1.82) is 0 Å². The molecule has 0 saturated carbocycles. The van der Waals surface area contributed by atoms with E-state index >= 15 is 0 Å². The van der Waals surface area contributed by atoms with E-state index in [9.17, 15) is 9.59 Å². The molecule has 122 valence electrons.